The van der Waals surface area contributed by atoms with Crippen molar-refractivity contribution in [2.45, 2.75) is 38.1 Å². The lowest BCUT2D eigenvalue weighted by atomic mass is 10.1. The fraction of sp³-hybridized carbons (Fsp3) is 0.833. The number of hydrogen-bond donors (Lipinski definition) is 0. The molecule has 3 unspecified atom stereocenters. The molecule has 3 atom stereocenters. The van der Waals surface area contributed by atoms with E-state index in [4.69, 9.17) is 14.2 Å². The predicted molar refractivity (Wildman–Crippen MR) is 57.6 cm³/mol. The van der Waals surface area contributed by atoms with Crippen LogP contribution in [0, 0.1) is 5.92 Å². The standard InChI is InChI=1S/C12H20O3/c1-3-6-13-8-11-9-14-12(15-11)5-4-10(2)7-12/h3,10-11H,1,4-9H2,2H3. The van der Waals surface area contributed by atoms with Gasteiger partial charge in [0.2, 0.25) is 0 Å². The van der Waals surface area contributed by atoms with Gasteiger partial charge in [0.15, 0.2) is 5.79 Å². The molecule has 1 saturated carbocycles. The Morgan fingerprint density at radius 2 is 2.47 bits per heavy atom. The summed E-state index contributed by atoms with van der Waals surface area (Å²) in [7, 11) is 0. The van der Waals surface area contributed by atoms with Crippen LogP contribution in [0.25, 0.3) is 0 Å². The Morgan fingerprint density at radius 3 is 3.13 bits per heavy atom. The third-order valence-corrected chi connectivity index (χ3v) is 3.13. The van der Waals surface area contributed by atoms with E-state index < -0.39 is 0 Å². The van der Waals surface area contributed by atoms with Crippen LogP contribution in [-0.4, -0.2) is 31.7 Å². The summed E-state index contributed by atoms with van der Waals surface area (Å²) >= 11 is 0. The average molecular weight is 212 g/mol. The minimum absolute atomic E-state index is 0.107. The van der Waals surface area contributed by atoms with E-state index in [-0.39, 0.29) is 11.9 Å². The van der Waals surface area contributed by atoms with Crippen LogP contribution in [0.3, 0.4) is 0 Å². The van der Waals surface area contributed by atoms with Gasteiger partial charge >= 0.3 is 0 Å². The van der Waals surface area contributed by atoms with Crippen molar-refractivity contribution in [3.8, 4) is 0 Å². The summed E-state index contributed by atoms with van der Waals surface area (Å²) in [5.74, 6) is 0.444. The maximum atomic E-state index is 5.95. The van der Waals surface area contributed by atoms with E-state index in [1.165, 1.54) is 6.42 Å². The van der Waals surface area contributed by atoms with E-state index in [0.29, 0.717) is 19.8 Å². The van der Waals surface area contributed by atoms with Gasteiger partial charge in [-0.05, 0) is 12.3 Å². The predicted octanol–water partition coefficient (Wildman–Crippen LogP) is 2.12. The molecule has 2 rings (SSSR count). The molecule has 3 nitrogen and oxygen atoms in total. The quantitative estimate of drug-likeness (QED) is 0.527. The molecule has 0 radical (unpaired) electrons. The second-order valence-electron chi connectivity index (χ2n) is 4.64. The van der Waals surface area contributed by atoms with Gasteiger partial charge < -0.3 is 14.2 Å². The SMILES string of the molecule is C=CCOCC1COC2(CCC(C)C2)O1. The second kappa shape index (κ2) is 4.64. The van der Waals surface area contributed by atoms with Crippen LogP contribution in [0.5, 0.6) is 0 Å². The Balaban J connectivity index is 1.76. The zero-order valence-corrected chi connectivity index (χ0v) is 9.41. The van der Waals surface area contributed by atoms with Crippen LogP contribution in [0.15, 0.2) is 12.7 Å². The Morgan fingerprint density at radius 1 is 1.60 bits per heavy atom. The number of hydrogen-bond acceptors (Lipinski definition) is 3. The molecule has 0 aromatic rings. The second-order valence-corrected chi connectivity index (χ2v) is 4.64. The lowest BCUT2D eigenvalue weighted by Crippen LogP contribution is -2.28. The Labute approximate surface area is 91.4 Å². The zero-order chi connectivity index (χ0) is 10.7. The van der Waals surface area contributed by atoms with Gasteiger partial charge in [-0.25, -0.2) is 0 Å². The molecule has 0 aromatic heterocycles. The fourth-order valence-corrected chi connectivity index (χ4v) is 2.42. The molecule has 0 bridgehead atoms. The molecule has 0 amide bonds. The fourth-order valence-electron chi connectivity index (χ4n) is 2.42. The van der Waals surface area contributed by atoms with Gasteiger partial charge in [-0.3, -0.25) is 0 Å². The van der Waals surface area contributed by atoms with Gasteiger partial charge in [0, 0.05) is 12.8 Å². The molecule has 86 valence electrons. The summed E-state index contributed by atoms with van der Waals surface area (Å²) in [6.07, 6.45) is 5.14. The van der Waals surface area contributed by atoms with Crippen LogP contribution < -0.4 is 0 Å². The van der Waals surface area contributed by atoms with Crippen molar-refractivity contribution in [3.63, 3.8) is 0 Å². The minimum Gasteiger partial charge on any atom is -0.375 e. The molecule has 2 aliphatic rings. The van der Waals surface area contributed by atoms with Crippen molar-refractivity contribution in [3.05, 3.63) is 12.7 Å². The number of ether oxygens (including phenoxy) is 3. The molecule has 1 saturated heterocycles. The Kier molecular flexibility index (Phi) is 3.44. The van der Waals surface area contributed by atoms with E-state index in [1.807, 2.05) is 0 Å². The van der Waals surface area contributed by atoms with Gasteiger partial charge in [-0.1, -0.05) is 13.0 Å². The topological polar surface area (TPSA) is 27.7 Å². The summed E-state index contributed by atoms with van der Waals surface area (Å²) in [5, 5.41) is 0. The lowest BCUT2D eigenvalue weighted by Gasteiger charge is -2.22. The molecule has 0 aromatic carbocycles. The first-order chi connectivity index (χ1) is 7.24. The minimum atomic E-state index is -0.276. The van der Waals surface area contributed by atoms with Crippen LogP contribution in [-0.2, 0) is 14.2 Å². The van der Waals surface area contributed by atoms with E-state index in [2.05, 4.69) is 13.5 Å². The van der Waals surface area contributed by atoms with E-state index >= 15 is 0 Å². The van der Waals surface area contributed by atoms with Crippen molar-refractivity contribution in [1.82, 2.24) is 0 Å². The molecule has 1 spiro atoms. The molecule has 1 aliphatic heterocycles. The molecule has 2 fully saturated rings. The van der Waals surface area contributed by atoms with E-state index in [9.17, 15) is 0 Å². The van der Waals surface area contributed by atoms with Gasteiger partial charge in [-0.2, -0.15) is 0 Å². The molecule has 1 heterocycles. The van der Waals surface area contributed by atoms with Crippen LogP contribution in [0.1, 0.15) is 26.2 Å². The summed E-state index contributed by atoms with van der Waals surface area (Å²) < 4.78 is 17.1. The van der Waals surface area contributed by atoms with Gasteiger partial charge in [0.25, 0.3) is 0 Å². The largest absolute Gasteiger partial charge is 0.375 e. The maximum absolute atomic E-state index is 5.95. The Hall–Kier alpha value is -0.380. The molecular weight excluding hydrogens is 192 g/mol. The van der Waals surface area contributed by atoms with Crippen molar-refractivity contribution in [2.24, 2.45) is 5.92 Å². The van der Waals surface area contributed by atoms with Gasteiger partial charge in [0.05, 0.1) is 19.8 Å². The normalized spacial score (nSPS) is 40.1. The van der Waals surface area contributed by atoms with Gasteiger partial charge in [0.1, 0.15) is 6.10 Å². The third kappa shape index (κ3) is 2.60. The zero-order valence-electron chi connectivity index (χ0n) is 9.41. The molecule has 15 heavy (non-hydrogen) atoms. The summed E-state index contributed by atoms with van der Waals surface area (Å²) in [5.41, 5.74) is 0. The summed E-state index contributed by atoms with van der Waals surface area (Å²) in [6.45, 7) is 7.73. The monoisotopic (exact) mass is 212 g/mol. The molecule has 3 heteroatoms. The van der Waals surface area contributed by atoms with E-state index in [1.54, 1.807) is 6.08 Å². The van der Waals surface area contributed by atoms with Crippen molar-refractivity contribution < 1.29 is 14.2 Å². The highest BCUT2D eigenvalue weighted by molar-refractivity contribution is 4.87. The molecule has 1 aliphatic carbocycles. The van der Waals surface area contributed by atoms with Crippen molar-refractivity contribution in [1.29, 1.82) is 0 Å². The van der Waals surface area contributed by atoms with Crippen molar-refractivity contribution >= 4 is 0 Å². The van der Waals surface area contributed by atoms with Crippen LogP contribution in [0.4, 0.5) is 0 Å². The van der Waals surface area contributed by atoms with Crippen LogP contribution >= 0.6 is 0 Å². The lowest BCUT2D eigenvalue weighted by molar-refractivity contribution is -0.168. The smallest absolute Gasteiger partial charge is 0.169 e. The Bertz CT molecular complexity index is 229. The van der Waals surface area contributed by atoms with Crippen LogP contribution in [0.2, 0.25) is 0 Å². The highest BCUT2D eigenvalue weighted by Gasteiger charge is 2.46. The summed E-state index contributed by atoms with van der Waals surface area (Å²) in [6, 6.07) is 0. The molecular formula is C12H20O3. The first kappa shape index (κ1) is 11.1. The first-order valence-electron chi connectivity index (χ1n) is 5.74. The number of rotatable bonds is 4. The first-order valence-corrected chi connectivity index (χ1v) is 5.74. The summed E-state index contributed by atoms with van der Waals surface area (Å²) in [4.78, 5) is 0. The highest BCUT2D eigenvalue weighted by Crippen LogP contribution is 2.42. The average Bonchev–Trinajstić information content (AvgIpc) is 2.76. The molecule has 0 N–H and O–H groups in total. The van der Waals surface area contributed by atoms with Gasteiger partial charge in [-0.15, -0.1) is 6.58 Å². The third-order valence-electron chi connectivity index (χ3n) is 3.13. The highest BCUT2D eigenvalue weighted by atomic mass is 16.8. The maximum Gasteiger partial charge on any atom is 0.169 e. The van der Waals surface area contributed by atoms with E-state index in [0.717, 1.165) is 18.8 Å². The van der Waals surface area contributed by atoms with Crippen molar-refractivity contribution in [2.75, 3.05) is 19.8 Å².